The van der Waals surface area contributed by atoms with Gasteiger partial charge in [0.2, 0.25) is 0 Å². The highest BCUT2D eigenvalue weighted by molar-refractivity contribution is 5.46. The van der Waals surface area contributed by atoms with Crippen molar-refractivity contribution in [2.75, 3.05) is 44.7 Å². The van der Waals surface area contributed by atoms with E-state index >= 15 is 0 Å². The lowest BCUT2D eigenvalue weighted by molar-refractivity contribution is 0.0213. The number of ether oxygens (including phenoxy) is 1. The Morgan fingerprint density at radius 1 is 0.963 bits per heavy atom. The van der Waals surface area contributed by atoms with E-state index in [1.54, 1.807) is 0 Å². The summed E-state index contributed by atoms with van der Waals surface area (Å²) < 4.78 is 5.63. The van der Waals surface area contributed by atoms with Crippen LogP contribution < -0.4 is 10.6 Å². The average Bonchev–Trinajstić information content (AvgIpc) is 2.76. The van der Waals surface area contributed by atoms with Crippen molar-refractivity contribution in [3.8, 4) is 0 Å². The average molecular weight is 366 g/mol. The van der Waals surface area contributed by atoms with Gasteiger partial charge in [0, 0.05) is 57.7 Å². The molecule has 0 radical (unpaired) electrons. The molecule has 2 fully saturated rings. The molecule has 0 unspecified atom stereocenters. The van der Waals surface area contributed by atoms with Gasteiger partial charge in [0.05, 0.1) is 0 Å². The van der Waals surface area contributed by atoms with Crippen molar-refractivity contribution in [3.05, 3.63) is 65.7 Å². The molecule has 144 valence electrons. The minimum absolute atomic E-state index is 0.513. The van der Waals surface area contributed by atoms with Crippen LogP contribution in [0.15, 0.2) is 54.6 Å². The highest BCUT2D eigenvalue weighted by Crippen LogP contribution is 2.35. The third-order valence-electron chi connectivity index (χ3n) is 5.85. The summed E-state index contributed by atoms with van der Waals surface area (Å²) in [6.45, 7) is 7.13. The van der Waals surface area contributed by atoms with Gasteiger partial charge in [-0.2, -0.15) is 0 Å². The van der Waals surface area contributed by atoms with E-state index in [0.717, 1.165) is 45.9 Å². The van der Waals surface area contributed by atoms with Crippen LogP contribution >= 0.6 is 0 Å². The number of rotatable bonds is 6. The van der Waals surface area contributed by atoms with Crippen molar-refractivity contribution in [1.82, 2.24) is 10.2 Å². The van der Waals surface area contributed by atoms with E-state index in [0.29, 0.717) is 12.0 Å². The molecule has 2 heterocycles. The Labute approximate surface area is 162 Å². The standard InChI is InChI=1S/C23H31N3O/c1-2-4-19(5-3-1)18-25-22-8-6-20(7-9-22)23(21-10-16-27-17-11-21)26-14-12-24-13-15-26/h1-9,21,23-25H,10-18H2/t23-/m1/s1. The van der Waals surface area contributed by atoms with E-state index in [4.69, 9.17) is 4.74 Å². The first-order valence-corrected chi connectivity index (χ1v) is 10.3. The third kappa shape index (κ3) is 4.89. The summed E-state index contributed by atoms with van der Waals surface area (Å²) in [5.74, 6) is 0.694. The number of piperazine rings is 1. The molecular weight excluding hydrogens is 334 g/mol. The number of nitrogens with one attached hydrogen (secondary N) is 2. The first kappa shape index (κ1) is 18.5. The van der Waals surface area contributed by atoms with Gasteiger partial charge in [-0.25, -0.2) is 0 Å². The highest BCUT2D eigenvalue weighted by Gasteiger charge is 2.31. The fourth-order valence-electron chi connectivity index (χ4n) is 4.37. The minimum Gasteiger partial charge on any atom is -0.381 e. The molecule has 2 aromatic carbocycles. The summed E-state index contributed by atoms with van der Waals surface area (Å²) in [5.41, 5.74) is 3.95. The van der Waals surface area contributed by atoms with Gasteiger partial charge >= 0.3 is 0 Å². The molecule has 0 bridgehead atoms. The molecule has 0 aromatic heterocycles. The monoisotopic (exact) mass is 365 g/mol. The molecular formula is C23H31N3O. The van der Waals surface area contributed by atoms with Gasteiger partial charge in [0.1, 0.15) is 0 Å². The molecule has 0 aliphatic carbocycles. The number of hydrogen-bond acceptors (Lipinski definition) is 4. The summed E-state index contributed by atoms with van der Waals surface area (Å²) in [7, 11) is 0. The predicted octanol–water partition coefficient (Wildman–Crippen LogP) is 3.67. The normalized spacial score (nSPS) is 20.3. The number of anilines is 1. The van der Waals surface area contributed by atoms with E-state index in [1.165, 1.54) is 29.7 Å². The highest BCUT2D eigenvalue weighted by atomic mass is 16.5. The Morgan fingerprint density at radius 3 is 2.37 bits per heavy atom. The molecule has 2 aliphatic heterocycles. The van der Waals surface area contributed by atoms with Crippen LogP contribution in [0.3, 0.4) is 0 Å². The zero-order valence-electron chi connectivity index (χ0n) is 16.1. The van der Waals surface area contributed by atoms with Crippen LogP contribution in [0.25, 0.3) is 0 Å². The van der Waals surface area contributed by atoms with Gasteiger partial charge in [-0.3, -0.25) is 4.90 Å². The zero-order valence-corrected chi connectivity index (χ0v) is 16.1. The topological polar surface area (TPSA) is 36.5 Å². The van der Waals surface area contributed by atoms with Crippen molar-refractivity contribution in [2.45, 2.75) is 25.4 Å². The van der Waals surface area contributed by atoms with Crippen molar-refractivity contribution in [1.29, 1.82) is 0 Å². The summed E-state index contributed by atoms with van der Waals surface area (Å²) in [5, 5.41) is 7.03. The molecule has 4 rings (SSSR count). The molecule has 4 heteroatoms. The zero-order chi connectivity index (χ0) is 18.3. The smallest absolute Gasteiger partial charge is 0.0469 e. The fraction of sp³-hybridized carbons (Fsp3) is 0.478. The van der Waals surface area contributed by atoms with Crippen LogP contribution in [0.2, 0.25) is 0 Å². The van der Waals surface area contributed by atoms with Crippen LogP contribution in [0.5, 0.6) is 0 Å². The predicted molar refractivity (Wildman–Crippen MR) is 111 cm³/mol. The van der Waals surface area contributed by atoms with Crippen molar-refractivity contribution in [2.24, 2.45) is 5.92 Å². The molecule has 4 nitrogen and oxygen atoms in total. The van der Waals surface area contributed by atoms with Gasteiger partial charge in [0.15, 0.2) is 0 Å². The van der Waals surface area contributed by atoms with Crippen LogP contribution in [0, 0.1) is 5.92 Å². The fourth-order valence-corrected chi connectivity index (χ4v) is 4.37. The second kappa shape index (κ2) is 9.36. The van der Waals surface area contributed by atoms with E-state index in [-0.39, 0.29) is 0 Å². The lowest BCUT2D eigenvalue weighted by atomic mass is 9.85. The van der Waals surface area contributed by atoms with E-state index in [2.05, 4.69) is 70.1 Å². The van der Waals surface area contributed by atoms with Crippen LogP contribution in [0.1, 0.15) is 30.0 Å². The molecule has 2 N–H and O–H groups in total. The first-order valence-electron chi connectivity index (χ1n) is 10.3. The molecule has 2 saturated heterocycles. The Hall–Kier alpha value is -1.88. The maximum atomic E-state index is 5.63. The number of benzene rings is 2. The maximum absolute atomic E-state index is 5.63. The molecule has 0 saturated carbocycles. The number of nitrogens with zero attached hydrogens (tertiary/aromatic N) is 1. The SMILES string of the molecule is c1ccc(CNc2ccc([C@H](C3CCOCC3)N3CCNCC3)cc2)cc1. The largest absolute Gasteiger partial charge is 0.381 e. The van der Waals surface area contributed by atoms with Gasteiger partial charge in [-0.1, -0.05) is 42.5 Å². The maximum Gasteiger partial charge on any atom is 0.0469 e. The number of hydrogen-bond donors (Lipinski definition) is 2. The Morgan fingerprint density at radius 2 is 1.67 bits per heavy atom. The lowest BCUT2D eigenvalue weighted by Gasteiger charge is -2.41. The Bertz CT molecular complexity index is 659. The van der Waals surface area contributed by atoms with Crippen molar-refractivity contribution >= 4 is 5.69 Å². The molecule has 2 aliphatic rings. The molecule has 1 atom stereocenters. The van der Waals surface area contributed by atoms with Gasteiger partial charge in [-0.15, -0.1) is 0 Å². The Balaban J connectivity index is 1.46. The van der Waals surface area contributed by atoms with Crippen LogP contribution in [-0.4, -0.2) is 44.3 Å². The van der Waals surface area contributed by atoms with E-state index in [9.17, 15) is 0 Å². The Kier molecular flexibility index (Phi) is 6.40. The van der Waals surface area contributed by atoms with Crippen LogP contribution in [0.4, 0.5) is 5.69 Å². The van der Waals surface area contributed by atoms with Crippen LogP contribution in [-0.2, 0) is 11.3 Å². The summed E-state index contributed by atoms with van der Waals surface area (Å²) >= 11 is 0. The second-order valence-corrected chi connectivity index (χ2v) is 7.64. The van der Waals surface area contributed by atoms with Gasteiger partial charge in [0.25, 0.3) is 0 Å². The third-order valence-corrected chi connectivity index (χ3v) is 5.85. The van der Waals surface area contributed by atoms with Crippen molar-refractivity contribution in [3.63, 3.8) is 0 Å². The quantitative estimate of drug-likeness (QED) is 0.819. The minimum atomic E-state index is 0.513. The summed E-state index contributed by atoms with van der Waals surface area (Å²) in [6, 6.07) is 20.2. The van der Waals surface area contributed by atoms with Crippen molar-refractivity contribution < 1.29 is 4.74 Å². The first-order chi connectivity index (χ1) is 13.4. The molecule has 0 amide bonds. The van der Waals surface area contributed by atoms with E-state index in [1.807, 2.05) is 0 Å². The lowest BCUT2D eigenvalue weighted by Crippen LogP contribution is -2.47. The summed E-state index contributed by atoms with van der Waals surface area (Å²) in [4.78, 5) is 2.68. The van der Waals surface area contributed by atoms with E-state index < -0.39 is 0 Å². The molecule has 2 aromatic rings. The molecule has 0 spiro atoms. The summed E-state index contributed by atoms with van der Waals surface area (Å²) in [6.07, 6.45) is 2.34. The second-order valence-electron chi connectivity index (χ2n) is 7.64. The van der Waals surface area contributed by atoms with Gasteiger partial charge < -0.3 is 15.4 Å². The van der Waals surface area contributed by atoms with Gasteiger partial charge in [-0.05, 0) is 42.0 Å². The molecule has 27 heavy (non-hydrogen) atoms.